The molecule has 4 nitrogen and oxygen atoms in total. The molecular formula is C14H16O4. The second-order valence-electron chi connectivity index (χ2n) is 5.50. The second-order valence-corrected chi connectivity index (χ2v) is 5.50. The lowest BCUT2D eigenvalue weighted by Gasteiger charge is -2.33. The molecule has 2 aliphatic rings. The Labute approximate surface area is 106 Å². The van der Waals surface area contributed by atoms with Gasteiger partial charge in [0, 0.05) is 19.4 Å². The Hall–Kier alpha value is -1.55. The Kier molecular flexibility index (Phi) is 2.23. The molecule has 4 heteroatoms. The first-order chi connectivity index (χ1) is 8.43. The zero-order valence-electron chi connectivity index (χ0n) is 10.5. The average Bonchev–Trinajstić information content (AvgIpc) is 3.07. The van der Waals surface area contributed by atoms with Crippen molar-refractivity contribution >= 4 is 5.97 Å². The lowest BCUT2D eigenvalue weighted by molar-refractivity contribution is -0.180. The van der Waals surface area contributed by atoms with Crippen LogP contribution in [0.4, 0.5) is 0 Å². The first-order valence-corrected chi connectivity index (χ1v) is 6.13. The molecule has 0 bridgehead atoms. The number of carbonyl (C=O) groups is 1. The summed E-state index contributed by atoms with van der Waals surface area (Å²) in [4.78, 5) is 11.3. The molecule has 0 amide bonds. The van der Waals surface area contributed by atoms with Gasteiger partial charge < -0.3 is 14.6 Å². The van der Waals surface area contributed by atoms with Crippen molar-refractivity contribution in [3.05, 3.63) is 29.3 Å². The highest BCUT2D eigenvalue weighted by Crippen LogP contribution is 2.49. The quantitative estimate of drug-likeness (QED) is 0.873. The van der Waals surface area contributed by atoms with Crippen LogP contribution in [0.25, 0.3) is 0 Å². The standard InChI is InChI=1S/C14H16O4/c1-13(2)17-8-9-3-4-10(7-11(9)18-13)14(5-6-14)12(15)16/h3-4,7H,5-6,8H2,1-2H3,(H,15,16). The van der Waals surface area contributed by atoms with Crippen LogP contribution in [-0.4, -0.2) is 16.9 Å². The van der Waals surface area contributed by atoms with Gasteiger partial charge in [-0.3, -0.25) is 4.79 Å². The average molecular weight is 248 g/mol. The molecule has 1 saturated carbocycles. The maximum Gasteiger partial charge on any atom is 0.314 e. The van der Waals surface area contributed by atoms with Gasteiger partial charge in [0.25, 0.3) is 0 Å². The van der Waals surface area contributed by atoms with Crippen LogP contribution in [0.3, 0.4) is 0 Å². The van der Waals surface area contributed by atoms with E-state index < -0.39 is 17.2 Å². The van der Waals surface area contributed by atoms with Gasteiger partial charge in [-0.05, 0) is 24.5 Å². The van der Waals surface area contributed by atoms with E-state index in [1.165, 1.54) is 0 Å². The number of ether oxygens (including phenoxy) is 2. The van der Waals surface area contributed by atoms with Gasteiger partial charge in [0.05, 0.1) is 12.0 Å². The third kappa shape index (κ3) is 1.68. The van der Waals surface area contributed by atoms with E-state index in [4.69, 9.17) is 9.47 Å². The predicted octanol–water partition coefficient (Wildman–Crippen LogP) is 2.45. The van der Waals surface area contributed by atoms with Gasteiger partial charge in [-0.15, -0.1) is 0 Å². The van der Waals surface area contributed by atoms with E-state index in [2.05, 4.69) is 0 Å². The minimum Gasteiger partial charge on any atom is -0.481 e. The summed E-state index contributed by atoms with van der Waals surface area (Å²) in [6.45, 7) is 4.21. The first kappa shape index (κ1) is 11.5. The van der Waals surface area contributed by atoms with Gasteiger partial charge in [-0.2, -0.15) is 0 Å². The van der Waals surface area contributed by atoms with E-state index in [1.807, 2.05) is 32.0 Å². The van der Waals surface area contributed by atoms with Crippen LogP contribution in [0.1, 0.15) is 37.8 Å². The van der Waals surface area contributed by atoms with Gasteiger partial charge >= 0.3 is 5.97 Å². The van der Waals surface area contributed by atoms with Crippen molar-refractivity contribution in [1.82, 2.24) is 0 Å². The number of fused-ring (bicyclic) bond motifs is 1. The van der Waals surface area contributed by atoms with Crippen molar-refractivity contribution < 1.29 is 19.4 Å². The Bertz CT molecular complexity index is 515. The van der Waals surface area contributed by atoms with Gasteiger partial charge in [0.15, 0.2) is 0 Å². The van der Waals surface area contributed by atoms with Gasteiger partial charge in [-0.1, -0.05) is 12.1 Å². The molecule has 1 aliphatic heterocycles. The maximum absolute atomic E-state index is 11.3. The molecule has 0 spiro atoms. The summed E-state index contributed by atoms with van der Waals surface area (Å²) in [5.41, 5.74) is 1.13. The number of hydrogen-bond donors (Lipinski definition) is 1. The Morgan fingerprint density at radius 3 is 2.67 bits per heavy atom. The van der Waals surface area contributed by atoms with Crippen molar-refractivity contribution in [2.45, 2.75) is 44.5 Å². The van der Waals surface area contributed by atoms with Crippen molar-refractivity contribution in [2.75, 3.05) is 0 Å². The molecule has 1 aliphatic carbocycles. The zero-order chi connectivity index (χ0) is 13.0. The Morgan fingerprint density at radius 2 is 2.06 bits per heavy atom. The lowest BCUT2D eigenvalue weighted by Crippen LogP contribution is -2.35. The first-order valence-electron chi connectivity index (χ1n) is 6.13. The van der Waals surface area contributed by atoms with E-state index >= 15 is 0 Å². The lowest BCUT2D eigenvalue weighted by atomic mass is 9.94. The van der Waals surface area contributed by atoms with Gasteiger partial charge in [0.1, 0.15) is 5.75 Å². The molecule has 1 fully saturated rings. The highest BCUT2D eigenvalue weighted by atomic mass is 16.7. The highest BCUT2D eigenvalue weighted by molar-refractivity contribution is 5.85. The summed E-state index contributed by atoms with van der Waals surface area (Å²) in [7, 11) is 0. The van der Waals surface area contributed by atoms with Crippen LogP contribution in [0.2, 0.25) is 0 Å². The molecule has 0 unspecified atom stereocenters. The van der Waals surface area contributed by atoms with Gasteiger partial charge in [-0.25, -0.2) is 0 Å². The summed E-state index contributed by atoms with van der Waals surface area (Å²) >= 11 is 0. The van der Waals surface area contributed by atoms with Crippen LogP contribution in [0.15, 0.2) is 18.2 Å². The fourth-order valence-corrected chi connectivity index (χ4v) is 2.36. The normalized spacial score (nSPS) is 22.8. The topological polar surface area (TPSA) is 55.8 Å². The van der Waals surface area contributed by atoms with E-state index in [0.717, 1.165) is 16.9 Å². The number of hydrogen-bond acceptors (Lipinski definition) is 3. The number of rotatable bonds is 2. The Balaban J connectivity index is 1.99. The predicted molar refractivity (Wildman–Crippen MR) is 64.5 cm³/mol. The van der Waals surface area contributed by atoms with Crippen LogP contribution in [-0.2, 0) is 21.6 Å². The zero-order valence-corrected chi connectivity index (χ0v) is 10.5. The summed E-state index contributed by atoms with van der Waals surface area (Å²) < 4.78 is 11.3. The van der Waals surface area contributed by atoms with E-state index in [-0.39, 0.29) is 0 Å². The van der Waals surface area contributed by atoms with Crippen LogP contribution in [0, 0.1) is 0 Å². The van der Waals surface area contributed by atoms with Crippen molar-refractivity contribution in [2.24, 2.45) is 0 Å². The number of carboxylic acids is 1. The fraction of sp³-hybridized carbons (Fsp3) is 0.500. The van der Waals surface area contributed by atoms with E-state index in [1.54, 1.807) is 0 Å². The highest BCUT2D eigenvalue weighted by Gasteiger charge is 2.52. The smallest absolute Gasteiger partial charge is 0.314 e. The molecule has 0 atom stereocenters. The molecule has 1 heterocycles. The third-order valence-corrected chi connectivity index (χ3v) is 3.71. The molecule has 1 aromatic rings. The molecule has 3 rings (SSSR count). The molecular weight excluding hydrogens is 232 g/mol. The molecule has 0 radical (unpaired) electrons. The SMILES string of the molecule is CC1(C)OCc2ccc(C3(C(=O)O)CC3)cc2O1. The molecule has 0 aromatic heterocycles. The summed E-state index contributed by atoms with van der Waals surface area (Å²) in [6.07, 6.45) is 1.42. The monoisotopic (exact) mass is 248 g/mol. The molecule has 0 saturated heterocycles. The fourth-order valence-electron chi connectivity index (χ4n) is 2.36. The molecule has 1 aromatic carbocycles. The number of benzene rings is 1. The second kappa shape index (κ2) is 3.48. The number of carboxylic acid groups (broad SMARTS) is 1. The van der Waals surface area contributed by atoms with E-state index in [0.29, 0.717) is 19.4 Å². The van der Waals surface area contributed by atoms with Crippen LogP contribution in [0.5, 0.6) is 5.75 Å². The summed E-state index contributed by atoms with van der Waals surface area (Å²) in [5.74, 6) is -0.643. The summed E-state index contributed by atoms with van der Waals surface area (Å²) in [6, 6.07) is 5.65. The third-order valence-electron chi connectivity index (χ3n) is 3.71. The van der Waals surface area contributed by atoms with Gasteiger partial charge in [0.2, 0.25) is 5.79 Å². The van der Waals surface area contributed by atoms with Crippen LogP contribution >= 0.6 is 0 Å². The minimum absolute atomic E-state index is 0.503. The van der Waals surface area contributed by atoms with Crippen molar-refractivity contribution in [3.8, 4) is 5.75 Å². The maximum atomic E-state index is 11.3. The van der Waals surface area contributed by atoms with Crippen LogP contribution < -0.4 is 4.74 Å². The molecule has 1 N–H and O–H groups in total. The molecule has 96 valence electrons. The number of aliphatic carboxylic acids is 1. The van der Waals surface area contributed by atoms with Crippen molar-refractivity contribution in [1.29, 1.82) is 0 Å². The molecule has 18 heavy (non-hydrogen) atoms. The van der Waals surface area contributed by atoms with E-state index in [9.17, 15) is 9.90 Å². The van der Waals surface area contributed by atoms with Crippen molar-refractivity contribution in [3.63, 3.8) is 0 Å². The minimum atomic E-state index is -0.742. The Morgan fingerprint density at radius 1 is 1.33 bits per heavy atom. The largest absolute Gasteiger partial charge is 0.481 e. The summed E-state index contributed by atoms with van der Waals surface area (Å²) in [5, 5.41) is 9.30.